The Morgan fingerprint density at radius 3 is 1.91 bits per heavy atom. The number of benzene rings is 1. The molecule has 33 heavy (non-hydrogen) atoms. The zero-order chi connectivity index (χ0) is 23.8. The number of H-pyrrole nitrogens is 2. The van der Waals surface area contributed by atoms with Crippen LogP contribution in [0.5, 0.6) is 0 Å². The molecule has 0 fully saturated rings. The molecular weight excluding hydrogens is 444 g/mol. The number of aliphatic hydroxyl groups is 1. The van der Waals surface area contributed by atoms with E-state index in [4.69, 9.17) is 16.7 Å². The molecule has 10 heteroatoms. The predicted molar refractivity (Wildman–Crippen MR) is 127 cm³/mol. The Kier molecular flexibility index (Phi) is 7.96. The van der Waals surface area contributed by atoms with Crippen molar-refractivity contribution in [3.8, 4) is 0 Å². The Bertz CT molecular complexity index is 1390. The first-order valence-corrected chi connectivity index (χ1v) is 10.2. The summed E-state index contributed by atoms with van der Waals surface area (Å²) in [6.45, 7) is 4.01. The lowest BCUT2D eigenvalue weighted by molar-refractivity contribution is 0.282. The number of nitrogens with one attached hydrogen (secondary N) is 2. The second-order valence-corrected chi connectivity index (χ2v) is 7.32. The van der Waals surface area contributed by atoms with Gasteiger partial charge in [-0.05, 0) is 43.7 Å². The molecule has 0 aliphatic rings. The van der Waals surface area contributed by atoms with E-state index in [1.165, 1.54) is 18.2 Å². The van der Waals surface area contributed by atoms with Crippen LogP contribution in [0.25, 0.3) is 22.1 Å². The SMILES string of the molecule is Cc1ccc(CO)cc1.Cc1ccc2nc[nH]c(=O)c2n1.O=c1[nH]cnc2ccc(Cl)nc12. The van der Waals surface area contributed by atoms with Crippen molar-refractivity contribution < 1.29 is 5.11 Å². The van der Waals surface area contributed by atoms with Crippen LogP contribution in [-0.4, -0.2) is 35.0 Å². The fourth-order valence-electron chi connectivity index (χ4n) is 2.67. The molecule has 4 aromatic heterocycles. The highest BCUT2D eigenvalue weighted by molar-refractivity contribution is 6.29. The summed E-state index contributed by atoms with van der Waals surface area (Å²) < 4.78 is 0. The van der Waals surface area contributed by atoms with Crippen LogP contribution in [0.4, 0.5) is 0 Å². The first-order valence-electron chi connectivity index (χ1n) is 9.85. The number of halogens is 1. The molecule has 0 amide bonds. The van der Waals surface area contributed by atoms with Crippen molar-refractivity contribution in [2.75, 3.05) is 0 Å². The Balaban J connectivity index is 0.000000141. The highest BCUT2D eigenvalue weighted by Crippen LogP contribution is 2.08. The quantitative estimate of drug-likeness (QED) is 0.324. The minimum atomic E-state index is -0.275. The molecule has 0 atom stereocenters. The monoisotopic (exact) mass is 464 g/mol. The number of aryl methyl sites for hydroxylation is 2. The third kappa shape index (κ3) is 6.52. The molecule has 9 nitrogen and oxygen atoms in total. The standard InChI is InChI=1S/C8H7N3O.C8H10O.C7H4ClN3O/c1-5-2-3-6-7(11-5)8(12)10-4-9-6;1-7-2-4-8(6-9)5-3-7;8-5-2-1-4-6(11-5)7(12)10-3-9-4/h2-4H,1H3,(H,9,10,12);2-5,9H,6H2,1H3;1-3H,(H,9,10,12). The number of fused-ring (bicyclic) bond motifs is 2. The molecule has 0 radical (unpaired) electrons. The summed E-state index contributed by atoms with van der Waals surface area (Å²) in [6, 6.07) is 14.7. The van der Waals surface area contributed by atoms with Crippen LogP contribution in [0.3, 0.4) is 0 Å². The van der Waals surface area contributed by atoms with Gasteiger partial charge in [0.1, 0.15) is 5.15 Å². The summed E-state index contributed by atoms with van der Waals surface area (Å²) in [6.07, 6.45) is 2.71. The molecule has 1 aromatic carbocycles. The normalized spacial score (nSPS) is 10.2. The lowest BCUT2D eigenvalue weighted by Gasteiger charge is -1.94. The lowest BCUT2D eigenvalue weighted by Crippen LogP contribution is -2.08. The van der Waals surface area contributed by atoms with Crippen molar-refractivity contribution in [2.45, 2.75) is 20.5 Å². The maximum absolute atomic E-state index is 11.2. The van der Waals surface area contributed by atoms with Gasteiger partial charge >= 0.3 is 0 Å². The smallest absolute Gasteiger partial charge is 0.277 e. The Morgan fingerprint density at radius 1 is 0.788 bits per heavy atom. The molecule has 5 aromatic rings. The van der Waals surface area contributed by atoms with Gasteiger partial charge in [-0.2, -0.15) is 0 Å². The maximum Gasteiger partial charge on any atom is 0.277 e. The zero-order valence-corrected chi connectivity index (χ0v) is 18.7. The number of pyridine rings is 2. The zero-order valence-electron chi connectivity index (χ0n) is 17.9. The Labute approximate surface area is 193 Å². The molecule has 168 valence electrons. The Morgan fingerprint density at radius 2 is 1.33 bits per heavy atom. The average Bonchev–Trinajstić information content (AvgIpc) is 2.82. The van der Waals surface area contributed by atoms with Crippen molar-refractivity contribution in [3.63, 3.8) is 0 Å². The van der Waals surface area contributed by atoms with Crippen molar-refractivity contribution in [1.82, 2.24) is 29.9 Å². The molecule has 3 N–H and O–H groups in total. The van der Waals surface area contributed by atoms with Crippen LogP contribution >= 0.6 is 11.6 Å². The van der Waals surface area contributed by atoms with Gasteiger partial charge in [0.25, 0.3) is 11.1 Å². The molecule has 0 spiro atoms. The van der Waals surface area contributed by atoms with E-state index in [2.05, 4.69) is 29.9 Å². The van der Waals surface area contributed by atoms with E-state index in [0.29, 0.717) is 21.7 Å². The van der Waals surface area contributed by atoms with Gasteiger partial charge in [-0.1, -0.05) is 41.4 Å². The molecule has 0 bridgehead atoms. The van der Waals surface area contributed by atoms with E-state index < -0.39 is 0 Å². The van der Waals surface area contributed by atoms with E-state index in [-0.39, 0.29) is 23.2 Å². The van der Waals surface area contributed by atoms with Gasteiger partial charge in [-0.3, -0.25) is 9.59 Å². The fraction of sp³-hybridized carbons (Fsp3) is 0.130. The number of nitrogens with zero attached hydrogens (tertiary/aromatic N) is 4. The summed E-state index contributed by atoms with van der Waals surface area (Å²) in [4.78, 5) is 42.9. The fourth-order valence-corrected chi connectivity index (χ4v) is 2.82. The van der Waals surface area contributed by atoms with Gasteiger partial charge in [0.15, 0.2) is 11.0 Å². The van der Waals surface area contributed by atoms with Gasteiger partial charge in [-0.15, -0.1) is 0 Å². The molecule has 5 rings (SSSR count). The van der Waals surface area contributed by atoms with Crippen LogP contribution < -0.4 is 11.1 Å². The largest absolute Gasteiger partial charge is 0.392 e. The molecule has 0 saturated heterocycles. The topological polar surface area (TPSA) is 138 Å². The van der Waals surface area contributed by atoms with E-state index in [1.54, 1.807) is 18.2 Å². The minimum Gasteiger partial charge on any atom is -0.392 e. The van der Waals surface area contributed by atoms with Crippen LogP contribution in [0.15, 0.2) is 70.8 Å². The Hall–Kier alpha value is -3.95. The summed E-state index contributed by atoms with van der Waals surface area (Å²) in [5.74, 6) is 0. The van der Waals surface area contributed by atoms with Crippen LogP contribution in [0.2, 0.25) is 5.15 Å². The van der Waals surface area contributed by atoms with Gasteiger partial charge in [0.2, 0.25) is 0 Å². The summed E-state index contributed by atoms with van der Waals surface area (Å²) >= 11 is 5.60. The lowest BCUT2D eigenvalue weighted by atomic mass is 10.2. The molecule has 0 unspecified atom stereocenters. The predicted octanol–water partition coefficient (Wildman–Crippen LogP) is 3.09. The number of aliphatic hydroxyl groups excluding tert-OH is 1. The van der Waals surface area contributed by atoms with Crippen molar-refractivity contribution in [2.24, 2.45) is 0 Å². The number of rotatable bonds is 1. The minimum absolute atomic E-state index is 0.139. The van der Waals surface area contributed by atoms with Gasteiger partial charge < -0.3 is 15.1 Å². The first-order chi connectivity index (χ1) is 15.9. The molecule has 0 saturated carbocycles. The molecule has 4 heterocycles. The molecule has 0 aliphatic heterocycles. The summed E-state index contributed by atoms with van der Waals surface area (Å²) in [7, 11) is 0. The first kappa shape index (κ1) is 23.7. The second-order valence-electron chi connectivity index (χ2n) is 6.93. The maximum atomic E-state index is 11.2. The van der Waals surface area contributed by atoms with E-state index >= 15 is 0 Å². The number of hydrogen-bond donors (Lipinski definition) is 3. The third-order valence-corrected chi connectivity index (χ3v) is 4.60. The summed E-state index contributed by atoms with van der Waals surface area (Å²) in [5.41, 5.74) is 4.40. The number of aromatic amines is 2. The number of aromatic nitrogens is 6. The van der Waals surface area contributed by atoms with Gasteiger partial charge in [0.05, 0.1) is 30.3 Å². The molecule has 0 aliphatic carbocycles. The van der Waals surface area contributed by atoms with Gasteiger partial charge in [-0.25, -0.2) is 19.9 Å². The third-order valence-electron chi connectivity index (χ3n) is 4.39. The summed E-state index contributed by atoms with van der Waals surface area (Å²) in [5, 5.41) is 8.92. The highest BCUT2D eigenvalue weighted by Gasteiger charge is 2.00. The van der Waals surface area contributed by atoms with Crippen molar-refractivity contribution in [3.05, 3.63) is 104 Å². The molecular formula is C23H21ClN6O3. The number of hydrogen-bond acceptors (Lipinski definition) is 7. The van der Waals surface area contributed by atoms with Crippen LogP contribution in [0, 0.1) is 13.8 Å². The second kappa shape index (κ2) is 11.1. The van der Waals surface area contributed by atoms with Crippen LogP contribution in [-0.2, 0) is 6.61 Å². The van der Waals surface area contributed by atoms with Crippen molar-refractivity contribution >= 4 is 33.7 Å². The van der Waals surface area contributed by atoms with E-state index in [1.807, 2.05) is 44.2 Å². The van der Waals surface area contributed by atoms with Crippen molar-refractivity contribution in [1.29, 1.82) is 0 Å². The highest BCUT2D eigenvalue weighted by atomic mass is 35.5. The average molecular weight is 465 g/mol. The van der Waals surface area contributed by atoms with Crippen LogP contribution in [0.1, 0.15) is 16.8 Å². The van der Waals surface area contributed by atoms with E-state index in [0.717, 1.165) is 11.3 Å². The van der Waals surface area contributed by atoms with E-state index in [9.17, 15) is 9.59 Å². The van der Waals surface area contributed by atoms with Gasteiger partial charge in [0, 0.05) is 5.69 Å².